The number of H-pyrrole nitrogens is 1. The van der Waals surface area contributed by atoms with E-state index in [0.29, 0.717) is 5.02 Å². The minimum atomic E-state index is -0.473. The Labute approximate surface area is 92.2 Å². The third kappa shape index (κ3) is 1.71. The van der Waals surface area contributed by atoms with Gasteiger partial charge < -0.3 is 14.5 Å². The summed E-state index contributed by atoms with van der Waals surface area (Å²) >= 11 is 6.08. The van der Waals surface area contributed by atoms with Gasteiger partial charge in [-0.15, -0.1) is 0 Å². The molecule has 2 aromatic rings. The molecule has 0 saturated carbocycles. The molecule has 0 aliphatic rings. The quantitative estimate of drug-likeness (QED) is 0.818. The number of rotatable bonds is 3. The Morgan fingerprint density at radius 2 is 2.13 bits per heavy atom. The number of fused-ring (bicyclic) bond motifs is 1. The zero-order chi connectivity index (χ0) is 10.8. The summed E-state index contributed by atoms with van der Waals surface area (Å²) in [7, 11) is 3.15. The number of nitrogens with one attached hydrogen (secondary N) is 1. The van der Waals surface area contributed by atoms with Gasteiger partial charge in [0.05, 0.1) is 5.02 Å². The lowest BCUT2D eigenvalue weighted by Crippen LogP contribution is -2.05. The monoisotopic (exact) mass is 226 g/mol. The Morgan fingerprint density at radius 1 is 1.40 bits per heavy atom. The lowest BCUT2D eigenvalue weighted by atomic mass is 10.2. The number of aromatic nitrogens is 2. The largest absolute Gasteiger partial charge is 0.352 e. The van der Waals surface area contributed by atoms with E-state index in [4.69, 9.17) is 21.1 Å². The van der Waals surface area contributed by atoms with Gasteiger partial charge in [0.2, 0.25) is 0 Å². The highest BCUT2D eigenvalue weighted by atomic mass is 35.5. The summed E-state index contributed by atoms with van der Waals surface area (Å²) in [6, 6.07) is 1.90. The van der Waals surface area contributed by atoms with E-state index in [0.717, 1.165) is 16.6 Å². The molecule has 2 heterocycles. The predicted octanol–water partition coefficient (Wildman–Crippen LogP) is 2.51. The van der Waals surface area contributed by atoms with Crippen molar-refractivity contribution in [1.82, 2.24) is 9.97 Å². The maximum Gasteiger partial charge on any atom is 0.185 e. The number of nitrogens with zero attached hydrogens (tertiary/aromatic N) is 1. The average Bonchev–Trinajstić information content (AvgIpc) is 2.70. The van der Waals surface area contributed by atoms with E-state index in [1.807, 2.05) is 6.07 Å². The molecule has 1 N–H and O–H groups in total. The zero-order valence-corrected chi connectivity index (χ0v) is 9.21. The molecule has 80 valence electrons. The highest BCUT2D eigenvalue weighted by Crippen LogP contribution is 2.31. The molecule has 2 aromatic heterocycles. The van der Waals surface area contributed by atoms with Crippen LogP contribution in [-0.4, -0.2) is 24.2 Å². The van der Waals surface area contributed by atoms with E-state index in [2.05, 4.69) is 9.97 Å². The Balaban J connectivity index is 2.65. The summed E-state index contributed by atoms with van der Waals surface area (Å²) in [4.78, 5) is 7.16. The fourth-order valence-electron chi connectivity index (χ4n) is 1.58. The number of ether oxygens (including phenoxy) is 2. The number of pyridine rings is 1. The topological polar surface area (TPSA) is 47.1 Å². The predicted molar refractivity (Wildman–Crippen MR) is 57.9 cm³/mol. The standard InChI is InChI=1S/C10H11ClN2O2/c1-14-10(15-2)8-6-3-4-12-9(6)13-5-7(8)11/h3-5,10H,1-2H3,(H,12,13). The van der Waals surface area contributed by atoms with Crippen LogP contribution >= 0.6 is 11.6 Å². The van der Waals surface area contributed by atoms with E-state index >= 15 is 0 Å². The fourth-order valence-corrected chi connectivity index (χ4v) is 1.82. The van der Waals surface area contributed by atoms with E-state index in [1.54, 1.807) is 26.6 Å². The van der Waals surface area contributed by atoms with Crippen molar-refractivity contribution < 1.29 is 9.47 Å². The SMILES string of the molecule is COC(OC)c1c(Cl)cnc2[nH]ccc12. The number of hydrogen-bond acceptors (Lipinski definition) is 3. The van der Waals surface area contributed by atoms with Crippen LogP contribution in [0.5, 0.6) is 0 Å². The molecule has 0 bridgehead atoms. The van der Waals surface area contributed by atoms with Crippen molar-refractivity contribution in [3.63, 3.8) is 0 Å². The maximum absolute atomic E-state index is 6.08. The van der Waals surface area contributed by atoms with Gasteiger partial charge in [-0.05, 0) is 6.07 Å². The molecule has 0 spiro atoms. The molecule has 0 saturated heterocycles. The number of aromatic amines is 1. The van der Waals surface area contributed by atoms with Crippen molar-refractivity contribution in [1.29, 1.82) is 0 Å². The molecule has 0 aromatic carbocycles. The van der Waals surface area contributed by atoms with E-state index in [9.17, 15) is 0 Å². The minimum absolute atomic E-state index is 0.473. The molecule has 0 fully saturated rings. The molecule has 15 heavy (non-hydrogen) atoms. The number of hydrogen-bond donors (Lipinski definition) is 1. The number of halogens is 1. The van der Waals surface area contributed by atoms with Crippen molar-refractivity contribution in [2.45, 2.75) is 6.29 Å². The summed E-state index contributed by atoms with van der Waals surface area (Å²) in [5.74, 6) is 0. The first-order chi connectivity index (χ1) is 7.27. The summed E-state index contributed by atoms with van der Waals surface area (Å²) in [6.07, 6.45) is 2.92. The molecule has 0 aliphatic carbocycles. The summed E-state index contributed by atoms with van der Waals surface area (Å²) < 4.78 is 10.4. The third-order valence-corrected chi connectivity index (χ3v) is 2.54. The van der Waals surface area contributed by atoms with Gasteiger partial charge in [-0.3, -0.25) is 0 Å². The fraction of sp³-hybridized carbons (Fsp3) is 0.300. The van der Waals surface area contributed by atoms with Gasteiger partial charge in [0.1, 0.15) is 5.65 Å². The second kappa shape index (κ2) is 4.18. The Hall–Kier alpha value is -1.10. The number of methoxy groups -OCH3 is 2. The van der Waals surface area contributed by atoms with E-state index in [-0.39, 0.29) is 0 Å². The maximum atomic E-state index is 6.08. The van der Waals surface area contributed by atoms with Gasteiger partial charge in [-0.2, -0.15) is 0 Å². The van der Waals surface area contributed by atoms with Gasteiger partial charge >= 0.3 is 0 Å². The van der Waals surface area contributed by atoms with Gasteiger partial charge in [0.15, 0.2) is 6.29 Å². The summed E-state index contributed by atoms with van der Waals surface area (Å²) in [6.45, 7) is 0. The van der Waals surface area contributed by atoms with Crippen LogP contribution in [0.1, 0.15) is 11.9 Å². The van der Waals surface area contributed by atoms with Crippen LogP contribution < -0.4 is 0 Å². The van der Waals surface area contributed by atoms with Crippen molar-refractivity contribution >= 4 is 22.6 Å². The second-order valence-corrected chi connectivity index (χ2v) is 3.47. The van der Waals surface area contributed by atoms with Crippen LogP contribution in [0.15, 0.2) is 18.5 Å². The first kappa shape index (κ1) is 10.4. The average molecular weight is 227 g/mol. The van der Waals surface area contributed by atoms with Crippen LogP contribution in [0.25, 0.3) is 11.0 Å². The Bertz CT molecular complexity index is 465. The first-order valence-corrected chi connectivity index (χ1v) is 4.82. The molecule has 0 amide bonds. The molecule has 0 unspecified atom stereocenters. The van der Waals surface area contributed by atoms with Gasteiger partial charge in [0.25, 0.3) is 0 Å². The molecule has 0 radical (unpaired) electrons. The highest BCUT2D eigenvalue weighted by molar-refractivity contribution is 6.32. The van der Waals surface area contributed by atoms with Crippen LogP contribution in [0, 0.1) is 0 Å². The van der Waals surface area contributed by atoms with Crippen LogP contribution in [0.2, 0.25) is 5.02 Å². The summed E-state index contributed by atoms with van der Waals surface area (Å²) in [5.41, 5.74) is 1.57. The third-order valence-electron chi connectivity index (χ3n) is 2.24. The molecule has 0 aliphatic heterocycles. The molecule has 0 atom stereocenters. The van der Waals surface area contributed by atoms with Crippen molar-refractivity contribution in [3.8, 4) is 0 Å². The van der Waals surface area contributed by atoms with E-state index < -0.39 is 6.29 Å². The minimum Gasteiger partial charge on any atom is -0.352 e. The second-order valence-electron chi connectivity index (χ2n) is 3.06. The van der Waals surface area contributed by atoms with Crippen LogP contribution in [0.4, 0.5) is 0 Å². The normalized spacial score (nSPS) is 11.5. The van der Waals surface area contributed by atoms with Crippen molar-refractivity contribution in [3.05, 3.63) is 29.0 Å². The van der Waals surface area contributed by atoms with Crippen molar-refractivity contribution in [2.75, 3.05) is 14.2 Å². The summed E-state index contributed by atoms with van der Waals surface area (Å²) in [5, 5.41) is 1.45. The lowest BCUT2D eigenvalue weighted by Gasteiger charge is -2.15. The van der Waals surface area contributed by atoms with Crippen molar-refractivity contribution in [2.24, 2.45) is 0 Å². The van der Waals surface area contributed by atoms with Crippen LogP contribution in [-0.2, 0) is 9.47 Å². The molecule has 5 heteroatoms. The smallest absolute Gasteiger partial charge is 0.185 e. The zero-order valence-electron chi connectivity index (χ0n) is 8.45. The molecular formula is C10H11ClN2O2. The lowest BCUT2D eigenvalue weighted by molar-refractivity contribution is -0.105. The van der Waals surface area contributed by atoms with Gasteiger partial charge in [-0.25, -0.2) is 4.98 Å². The Kier molecular flexibility index (Phi) is 2.90. The van der Waals surface area contributed by atoms with Gasteiger partial charge in [-0.1, -0.05) is 11.6 Å². The van der Waals surface area contributed by atoms with Gasteiger partial charge in [0, 0.05) is 37.6 Å². The van der Waals surface area contributed by atoms with Crippen LogP contribution in [0.3, 0.4) is 0 Å². The highest BCUT2D eigenvalue weighted by Gasteiger charge is 2.17. The van der Waals surface area contributed by atoms with E-state index in [1.165, 1.54) is 0 Å². The molecular weight excluding hydrogens is 216 g/mol. The molecule has 4 nitrogen and oxygen atoms in total. The first-order valence-electron chi connectivity index (χ1n) is 4.45. The Morgan fingerprint density at radius 3 is 2.80 bits per heavy atom. The molecule has 2 rings (SSSR count).